The summed E-state index contributed by atoms with van der Waals surface area (Å²) < 4.78 is 51.4. The number of nitrogens with one attached hydrogen (secondary N) is 1. The molecule has 0 bridgehead atoms. The summed E-state index contributed by atoms with van der Waals surface area (Å²) in [6.45, 7) is 3.77. The molecule has 1 aliphatic heterocycles. The zero-order chi connectivity index (χ0) is 18.7. The van der Waals surface area contributed by atoms with Crippen LogP contribution in [0.3, 0.4) is 0 Å². The Kier molecular flexibility index (Phi) is 5.46. The molecule has 140 valence electrons. The van der Waals surface area contributed by atoms with E-state index in [9.17, 15) is 17.6 Å². The molecule has 1 N–H and O–H groups in total. The topological polar surface area (TPSA) is 28.2 Å². The SMILES string of the molecule is Cc1ccc(CNC2CCN(c3ccc(C(F)(F)F)cn3)CC2)cc1F. The summed E-state index contributed by atoms with van der Waals surface area (Å²) in [6, 6.07) is 8.01. The molecule has 1 fully saturated rings. The second-order valence-corrected chi connectivity index (χ2v) is 6.63. The lowest BCUT2D eigenvalue weighted by Crippen LogP contribution is -2.42. The molecule has 0 unspecified atom stereocenters. The normalized spacial score (nSPS) is 16.1. The molecule has 3 rings (SSSR count). The number of halogens is 4. The fraction of sp³-hybridized carbons (Fsp3) is 0.421. The number of rotatable bonds is 4. The predicted molar refractivity (Wildman–Crippen MR) is 92.5 cm³/mol. The van der Waals surface area contributed by atoms with Crippen molar-refractivity contribution in [2.75, 3.05) is 18.0 Å². The highest BCUT2D eigenvalue weighted by Gasteiger charge is 2.31. The Morgan fingerprint density at radius 1 is 1.15 bits per heavy atom. The molecular weight excluding hydrogens is 346 g/mol. The maximum Gasteiger partial charge on any atom is 0.417 e. The Morgan fingerprint density at radius 2 is 1.88 bits per heavy atom. The molecular formula is C19H21F4N3. The first-order valence-corrected chi connectivity index (χ1v) is 8.59. The lowest BCUT2D eigenvalue weighted by Gasteiger charge is -2.33. The van der Waals surface area contributed by atoms with Crippen LogP contribution in [-0.4, -0.2) is 24.1 Å². The van der Waals surface area contributed by atoms with Crippen LogP contribution in [0.25, 0.3) is 0 Å². The van der Waals surface area contributed by atoms with E-state index in [1.807, 2.05) is 11.0 Å². The zero-order valence-corrected chi connectivity index (χ0v) is 14.5. The highest BCUT2D eigenvalue weighted by molar-refractivity contribution is 5.40. The van der Waals surface area contributed by atoms with E-state index >= 15 is 0 Å². The molecule has 3 nitrogen and oxygen atoms in total. The smallest absolute Gasteiger partial charge is 0.357 e. The van der Waals surface area contributed by atoms with Gasteiger partial charge in [0.05, 0.1) is 5.56 Å². The fourth-order valence-corrected chi connectivity index (χ4v) is 3.06. The van der Waals surface area contributed by atoms with Gasteiger partial charge >= 0.3 is 6.18 Å². The number of anilines is 1. The van der Waals surface area contributed by atoms with Crippen molar-refractivity contribution in [2.24, 2.45) is 0 Å². The van der Waals surface area contributed by atoms with Crippen molar-refractivity contribution in [1.29, 1.82) is 0 Å². The minimum atomic E-state index is -4.36. The second-order valence-electron chi connectivity index (χ2n) is 6.63. The number of hydrogen-bond acceptors (Lipinski definition) is 3. The van der Waals surface area contributed by atoms with Gasteiger partial charge in [0.25, 0.3) is 0 Å². The van der Waals surface area contributed by atoms with Gasteiger partial charge in [-0.2, -0.15) is 13.2 Å². The van der Waals surface area contributed by atoms with E-state index in [1.165, 1.54) is 6.07 Å². The first-order chi connectivity index (χ1) is 12.3. The summed E-state index contributed by atoms with van der Waals surface area (Å²) in [5.74, 6) is 0.365. The molecule has 0 amide bonds. The average molecular weight is 367 g/mol. The zero-order valence-electron chi connectivity index (χ0n) is 14.5. The lowest BCUT2D eigenvalue weighted by atomic mass is 10.0. The first kappa shape index (κ1) is 18.6. The van der Waals surface area contributed by atoms with Crippen LogP contribution in [0.5, 0.6) is 0 Å². The summed E-state index contributed by atoms with van der Waals surface area (Å²) in [6.07, 6.45) is -1.77. The molecule has 0 spiro atoms. The summed E-state index contributed by atoms with van der Waals surface area (Å²) in [4.78, 5) is 5.94. The Balaban J connectivity index is 1.50. The van der Waals surface area contributed by atoms with E-state index in [1.54, 1.807) is 19.1 Å². The van der Waals surface area contributed by atoms with Gasteiger partial charge in [0.2, 0.25) is 0 Å². The monoisotopic (exact) mass is 367 g/mol. The van der Waals surface area contributed by atoms with Crippen LogP contribution >= 0.6 is 0 Å². The molecule has 2 aromatic rings. The van der Waals surface area contributed by atoms with Crippen LogP contribution in [0.4, 0.5) is 23.4 Å². The molecule has 0 saturated carbocycles. The standard InChI is InChI=1S/C19H21F4N3/c1-13-2-3-14(10-17(13)20)11-24-16-6-8-26(9-7-16)18-5-4-15(12-25-18)19(21,22)23/h2-5,10,12,16,24H,6-9,11H2,1H3. The third-order valence-electron chi connectivity index (χ3n) is 4.73. The van der Waals surface area contributed by atoms with E-state index in [2.05, 4.69) is 10.3 Å². The van der Waals surface area contributed by atoms with Gasteiger partial charge in [0, 0.05) is 31.9 Å². The number of aryl methyl sites for hydroxylation is 1. The molecule has 1 aromatic heterocycles. The number of hydrogen-bond donors (Lipinski definition) is 1. The number of piperidine rings is 1. The predicted octanol–water partition coefficient (Wildman–Crippen LogP) is 4.31. The van der Waals surface area contributed by atoms with Gasteiger partial charge in [0.15, 0.2) is 0 Å². The first-order valence-electron chi connectivity index (χ1n) is 8.59. The van der Waals surface area contributed by atoms with E-state index in [4.69, 9.17) is 0 Å². The van der Waals surface area contributed by atoms with Gasteiger partial charge in [-0.3, -0.25) is 0 Å². The van der Waals surface area contributed by atoms with Gasteiger partial charge in [0.1, 0.15) is 11.6 Å². The highest BCUT2D eigenvalue weighted by atomic mass is 19.4. The second kappa shape index (κ2) is 7.61. The van der Waals surface area contributed by atoms with E-state index in [0.717, 1.165) is 43.8 Å². The third-order valence-corrected chi connectivity index (χ3v) is 4.73. The molecule has 1 saturated heterocycles. The van der Waals surface area contributed by atoms with E-state index < -0.39 is 11.7 Å². The van der Waals surface area contributed by atoms with E-state index in [-0.39, 0.29) is 5.82 Å². The van der Waals surface area contributed by atoms with Crippen LogP contribution in [-0.2, 0) is 12.7 Å². The maximum absolute atomic E-state index is 13.6. The minimum Gasteiger partial charge on any atom is -0.357 e. The molecule has 0 radical (unpaired) electrons. The van der Waals surface area contributed by atoms with Crippen molar-refractivity contribution >= 4 is 5.82 Å². The van der Waals surface area contributed by atoms with Gasteiger partial charge < -0.3 is 10.2 Å². The average Bonchev–Trinajstić information content (AvgIpc) is 2.62. The molecule has 7 heteroatoms. The van der Waals surface area contributed by atoms with E-state index in [0.29, 0.717) is 24.0 Å². The van der Waals surface area contributed by atoms with Crippen molar-refractivity contribution in [3.05, 3.63) is 59.0 Å². The Hall–Kier alpha value is -2.15. The van der Waals surface area contributed by atoms with Crippen LogP contribution in [0.15, 0.2) is 36.5 Å². The fourth-order valence-electron chi connectivity index (χ4n) is 3.06. The Labute approximate surface area is 150 Å². The van der Waals surface area contributed by atoms with Crippen molar-refractivity contribution < 1.29 is 17.6 Å². The maximum atomic E-state index is 13.6. The van der Waals surface area contributed by atoms with Gasteiger partial charge in [-0.05, 0) is 49.1 Å². The highest BCUT2D eigenvalue weighted by Crippen LogP contribution is 2.29. The summed E-state index contributed by atoms with van der Waals surface area (Å²) in [5, 5.41) is 3.42. The number of pyridine rings is 1. The number of benzene rings is 1. The van der Waals surface area contributed by atoms with Crippen LogP contribution in [0.1, 0.15) is 29.5 Å². The summed E-state index contributed by atoms with van der Waals surface area (Å²) in [7, 11) is 0. The van der Waals surface area contributed by atoms with Crippen molar-refractivity contribution in [1.82, 2.24) is 10.3 Å². The third kappa shape index (κ3) is 4.52. The number of aromatic nitrogens is 1. The molecule has 0 atom stereocenters. The van der Waals surface area contributed by atoms with Gasteiger partial charge in [-0.15, -0.1) is 0 Å². The molecule has 1 aliphatic rings. The van der Waals surface area contributed by atoms with Crippen molar-refractivity contribution in [3.8, 4) is 0 Å². The van der Waals surface area contributed by atoms with Crippen LogP contribution in [0, 0.1) is 12.7 Å². The van der Waals surface area contributed by atoms with Gasteiger partial charge in [-0.1, -0.05) is 12.1 Å². The largest absolute Gasteiger partial charge is 0.417 e. The Morgan fingerprint density at radius 3 is 2.46 bits per heavy atom. The summed E-state index contributed by atoms with van der Waals surface area (Å²) >= 11 is 0. The quantitative estimate of drug-likeness (QED) is 0.817. The summed E-state index contributed by atoms with van der Waals surface area (Å²) in [5.41, 5.74) is 0.800. The Bertz CT molecular complexity index is 735. The number of nitrogens with zero attached hydrogens (tertiary/aromatic N) is 2. The van der Waals surface area contributed by atoms with Gasteiger partial charge in [-0.25, -0.2) is 9.37 Å². The van der Waals surface area contributed by atoms with Crippen molar-refractivity contribution in [2.45, 2.75) is 38.5 Å². The molecule has 26 heavy (non-hydrogen) atoms. The number of alkyl halides is 3. The van der Waals surface area contributed by atoms with Crippen LogP contribution < -0.4 is 10.2 Å². The molecule has 2 heterocycles. The minimum absolute atomic E-state index is 0.201. The van der Waals surface area contributed by atoms with Crippen molar-refractivity contribution in [3.63, 3.8) is 0 Å². The molecule has 0 aliphatic carbocycles. The lowest BCUT2D eigenvalue weighted by molar-refractivity contribution is -0.137. The van der Waals surface area contributed by atoms with Crippen LogP contribution in [0.2, 0.25) is 0 Å². The molecule has 1 aromatic carbocycles.